The topological polar surface area (TPSA) is 60.0 Å². The van der Waals surface area contributed by atoms with Gasteiger partial charge in [-0.1, -0.05) is 0 Å². The van der Waals surface area contributed by atoms with Crippen molar-refractivity contribution in [1.29, 1.82) is 0 Å². The van der Waals surface area contributed by atoms with Gasteiger partial charge in [0.2, 0.25) is 0 Å². The van der Waals surface area contributed by atoms with Gasteiger partial charge in [-0.2, -0.15) is 0 Å². The van der Waals surface area contributed by atoms with Gasteiger partial charge in [-0.25, -0.2) is 4.99 Å². The average Bonchev–Trinajstić information content (AvgIpc) is 3.46. The van der Waals surface area contributed by atoms with E-state index in [4.69, 9.17) is 14.1 Å². The van der Waals surface area contributed by atoms with Crippen molar-refractivity contribution in [2.24, 2.45) is 4.99 Å². The van der Waals surface area contributed by atoms with Gasteiger partial charge in [-0.3, -0.25) is 9.69 Å². The summed E-state index contributed by atoms with van der Waals surface area (Å²) in [5.74, 6) is 1.39. The average molecular weight is 436 g/mol. The Morgan fingerprint density at radius 1 is 1.23 bits per heavy atom. The fourth-order valence-corrected chi connectivity index (χ4v) is 4.46. The van der Waals surface area contributed by atoms with Crippen molar-refractivity contribution < 1.29 is 13.9 Å². The van der Waals surface area contributed by atoms with Crippen LogP contribution in [0.5, 0.6) is 5.75 Å². The van der Waals surface area contributed by atoms with Crippen molar-refractivity contribution in [3.8, 4) is 5.75 Å². The lowest BCUT2D eigenvalue weighted by atomic mass is 10.2. The molecule has 1 aliphatic heterocycles. The molecule has 0 bridgehead atoms. The van der Waals surface area contributed by atoms with E-state index >= 15 is 0 Å². The Kier molecular flexibility index (Phi) is 6.04. The van der Waals surface area contributed by atoms with Gasteiger partial charge < -0.3 is 13.7 Å². The molecule has 0 saturated carbocycles. The van der Waals surface area contributed by atoms with Gasteiger partial charge in [0.15, 0.2) is 5.17 Å². The Balaban J connectivity index is 1.67. The third kappa shape index (κ3) is 4.61. The van der Waals surface area contributed by atoms with Crippen LogP contribution in [0.2, 0.25) is 0 Å². The fraction of sp³-hybridized carbons (Fsp3) is 0.250. The molecule has 7 heteroatoms. The van der Waals surface area contributed by atoms with Crippen molar-refractivity contribution >= 4 is 34.6 Å². The third-order valence-corrected chi connectivity index (χ3v) is 6.01. The van der Waals surface area contributed by atoms with Crippen LogP contribution in [0.1, 0.15) is 36.9 Å². The number of aryl methyl sites for hydroxylation is 1. The number of ether oxygens (including phenoxy) is 1. The van der Waals surface area contributed by atoms with E-state index in [0.29, 0.717) is 28.4 Å². The Morgan fingerprint density at radius 2 is 2.00 bits per heavy atom. The molecule has 0 atom stereocenters. The van der Waals surface area contributed by atoms with Crippen LogP contribution in [0.3, 0.4) is 0 Å². The Morgan fingerprint density at radius 3 is 2.61 bits per heavy atom. The second-order valence-electron chi connectivity index (χ2n) is 7.59. The molecule has 0 radical (unpaired) electrons. The number of hydrogen-bond acceptors (Lipinski definition) is 5. The molecule has 1 aromatic carbocycles. The standard InChI is InChI=1S/C24H25N3O3S/c1-16(2)26-14-18(12-17(26)3)13-22-23(28)27(15-21-6-5-11-30-21)24(31-22)25-19-7-9-20(29-4)10-8-19/h5-14,16H,15H2,1-4H3/b22-13+,25-24?. The molecule has 3 aromatic rings. The molecule has 2 aromatic heterocycles. The number of amidine groups is 1. The summed E-state index contributed by atoms with van der Waals surface area (Å²) < 4.78 is 12.9. The zero-order chi connectivity index (χ0) is 22.0. The Hall–Kier alpha value is -3.19. The van der Waals surface area contributed by atoms with E-state index in [1.54, 1.807) is 18.3 Å². The van der Waals surface area contributed by atoms with Crippen molar-refractivity contribution in [1.82, 2.24) is 9.47 Å². The number of carbonyl (C=O) groups is 1. The molecule has 6 nitrogen and oxygen atoms in total. The largest absolute Gasteiger partial charge is 0.497 e. The van der Waals surface area contributed by atoms with Crippen LogP contribution >= 0.6 is 11.8 Å². The van der Waals surface area contributed by atoms with E-state index in [2.05, 4.69) is 37.6 Å². The van der Waals surface area contributed by atoms with Crippen molar-refractivity contribution in [3.05, 3.63) is 76.8 Å². The van der Waals surface area contributed by atoms with Crippen LogP contribution in [0.25, 0.3) is 6.08 Å². The molecule has 4 rings (SSSR count). The van der Waals surface area contributed by atoms with Crippen LogP contribution in [0.4, 0.5) is 5.69 Å². The number of methoxy groups -OCH3 is 1. The molecule has 160 valence electrons. The summed E-state index contributed by atoms with van der Waals surface area (Å²) in [5, 5.41) is 0.623. The number of amides is 1. The van der Waals surface area contributed by atoms with Gasteiger partial charge in [0.05, 0.1) is 30.5 Å². The highest BCUT2D eigenvalue weighted by Crippen LogP contribution is 2.36. The van der Waals surface area contributed by atoms with Crippen LogP contribution < -0.4 is 4.74 Å². The smallest absolute Gasteiger partial charge is 0.267 e. The Labute approximate surface area is 186 Å². The first-order valence-electron chi connectivity index (χ1n) is 10.1. The van der Waals surface area contributed by atoms with Crippen LogP contribution in [-0.4, -0.2) is 27.7 Å². The van der Waals surface area contributed by atoms with Crippen molar-refractivity contribution in [2.45, 2.75) is 33.4 Å². The highest BCUT2D eigenvalue weighted by atomic mass is 32.2. The maximum atomic E-state index is 13.3. The van der Waals surface area contributed by atoms with E-state index in [9.17, 15) is 4.79 Å². The first-order chi connectivity index (χ1) is 14.9. The van der Waals surface area contributed by atoms with E-state index in [0.717, 1.165) is 22.7 Å². The first-order valence-corrected chi connectivity index (χ1v) is 10.9. The molecular weight excluding hydrogens is 410 g/mol. The van der Waals surface area contributed by atoms with E-state index in [1.807, 2.05) is 42.5 Å². The van der Waals surface area contributed by atoms with Gasteiger partial charge in [0.1, 0.15) is 11.5 Å². The number of aromatic nitrogens is 1. The number of aliphatic imine (C=N–C) groups is 1. The molecule has 0 aliphatic carbocycles. The number of hydrogen-bond donors (Lipinski definition) is 0. The number of thioether (sulfide) groups is 1. The van der Waals surface area contributed by atoms with Gasteiger partial charge >= 0.3 is 0 Å². The molecule has 1 aliphatic rings. The second-order valence-corrected chi connectivity index (χ2v) is 8.60. The summed E-state index contributed by atoms with van der Waals surface area (Å²) in [6.07, 6.45) is 5.62. The molecule has 0 unspecified atom stereocenters. The molecule has 1 saturated heterocycles. The lowest BCUT2D eigenvalue weighted by molar-refractivity contribution is -0.122. The normalized spacial score (nSPS) is 16.8. The molecule has 3 heterocycles. The summed E-state index contributed by atoms with van der Waals surface area (Å²) in [4.78, 5) is 20.3. The van der Waals surface area contributed by atoms with E-state index in [1.165, 1.54) is 11.8 Å². The predicted octanol–water partition coefficient (Wildman–Crippen LogP) is 5.78. The fourth-order valence-electron chi connectivity index (χ4n) is 3.46. The minimum atomic E-state index is -0.0800. The summed E-state index contributed by atoms with van der Waals surface area (Å²) in [7, 11) is 1.63. The van der Waals surface area contributed by atoms with Crippen molar-refractivity contribution in [3.63, 3.8) is 0 Å². The molecule has 1 fully saturated rings. The number of carbonyl (C=O) groups excluding carboxylic acids is 1. The monoisotopic (exact) mass is 435 g/mol. The minimum absolute atomic E-state index is 0.0800. The highest BCUT2D eigenvalue weighted by molar-refractivity contribution is 8.18. The number of benzene rings is 1. The minimum Gasteiger partial charge on any atom is -0.497 e. The lowest BCUT2D eigenvalue weighted by Crippen LogP contribution is -2.28. The number of furan rings is 1. The van der Waals surface area contributed by atoms with E-state index < -0.39 is 0 Å². The Bertz CT molecular complexity index is 1130. The number of nitrogens with zero attached hydrogens (tertiary/aromatic N) is 3. The lowest BCUT2D eigenvalue weighted by Gasteiger charge is -2.13. The quantitative estimate of drug-likeness (QED) is 0.460. The summed E-state index contributed by atoms with van der Waals surface area (Å²) in [6, 6.07) is 13.6. The van der Waals surface area contributed by atoms with Gasteiger partial charge in [-0.05, 0) is 86.6 Å². The van der Waals surface area contributed by atoms with Crippen LogP contribution in [0.15, 0.2) is 69.2 Å². The summed E-state index contributed by atoms with van der Waals surface area (Å²) >= 11 is 1.38. The summed E-state index contributed by atoms with van der Waals surface area (Å²) in [5.41, 5.74) is 2.92. The van der Waals surface area contributed by atoms with Crippen LogP contribution in [0, 0.1) is 6.92 Å². The molecule has 0 N–H and O–H groups in total. The molecule has 1 amide bonds. The molecule has 0 spiro atoms. The maximum Gasteiger partial charge on any atom is 0.267 e. The highest BCUT2D eigenvalue weighted by Gasteiger charge is 2.34. The zero-order valence-corrected chi connectivity index (χ0v) is 18.8. The first kappa shape index (κ1) is 21.1. The van der Waals surface area contributed by atoms with Crippen molar-refractivity contribution in [2.75, 3.05) is 7.11 Å². The van der Waals surface area contributed by atoms with Gasteiger partial charge in [-0.15, -0.1) is 0 Å². The summed E-state index contributed by atoms with van der Waals surface area (Å²) in [6.45, 7) is 6.69. The molecule has 31 heavy (non-hydrogen) atoms. The van der Waals surface area contributed by atoms with E-state index in [-0.39, 0.29) is 5.91 Å². The van der Waals surface area contributed by atoms with Crippen LogP contribution in [-0.2, 0) is 11.3 Å². The third-order valence-electron chi connectivity index (χ3n) is 5.00. The molecular formula is C24H25N3O3S. The second kappa shape index (κ2) is 8.89. The SMILES string of the molecule is COc1ccc(N=C2S/C(=C/c3cc(C)n(C(C)C)c3)C(=O)N2Cc2ccco2)cc1. The predicted molar refractivity (Wildman–Crippen MR) is 124 cm³/mol. The van der Waals surface area contributed by atoms with Gasteiger partial charge in [0, 0.05) is 17.9 Å². The number of rotatable bonds is 6. The maximum absolute atomic E-state index is 13.3. The zero-order valence-electron chi connectivity index (χ0n) is 18.0. The van der Waals surface area contributed by atoms with Gasteiger partial charge in [0.25, 0.3) is 5.91 Å².